The molecule has 0 saturated heterocycles. The van der Waals surface area contributed by atoms with Gasteiger partial charge in [-0.1, -0.05) is 40.7 Å². The maximum atomic E-state index is 17.7. The largest absolute Gasteiger partial charge is 0.509 e. The van der Waals surface area contributed by atoms with Crippen LogP contribution >= 0.6 is 0 Å². The molecule has 7 aliphatic rings. The normalized spacial score (nSPS) is 52.8. The highest BCUT2D eigenvalue weighted by atomic mass is 19.1. The molecule has 45 heavy (non-hydrogen) atoms. The van der Waals surface area contributed by atoms with Crippen LogP contribution in [0.5, 0.6) is 0 Å². The summed E-state index contributed by atoms with van der Waals surface area (Å²) in [6.07, 6.45) is 0.311. The molecule has 7 rings (SSSR count). The summed E-state index contributed by atoms with van der Waals surface area (Å²) in [7, 11) is 0. The highest BCUT2D eigenvalue weighted by molar-refractivity contribution is 6.01. The van der Waals surface area contributed by atoms with Crippen molar-refractivity contribution >= 4 is 17.9 Å². The standard InChI is InChI=1S/C35H43F2NO7/c1-17-11-21-22-14-24(36)23-13-20(39)7-8-31(23,5)34(22,37)26(40)16-32(21,6)35(17,28(41)43-10-9-38)45-29(42)44-25-12-19-15-33(19)27(18(25)2)30(33,3)4/h7-8,13,17-19,21-22,24-27,40H,10-12,14-16H2,1-6H3/t17-,18-,19+,21+,22+,24+,25+,26+,27+,31+,32+,33?,34+,35+/m1/s1. The third-order valence-corrected chi connectivity index (χ3v) is 14.5. The number of halogens is 2. The number of aliphatic hydroxyl groups is 1. The van der Waals surface area contributed by atoms with E-state index in [2.05, 4.69) is 20.8 Å². The van der Waals surface area contributed by atoms with Gasteiger partial charge in [-0.2, -0.15) is 5.26 Å². The number of nitrogens with zero attached hydrogens (tertiary/aromatic N) is 1. The molecule has 0 radical (unpaired) electrons. The van der Waals surface area contributed by atoms with Crippen molar-refractivity contribution in [3.05, 3.63) is 23.8 Å². The molecule has 0 amide bonds. The van der Waals surface area contributed by atoms with Gasteiger partial charge < -0.3 is 19.3 Å². The summed E-state index contributed by atoms with van der Waals surface area (Å²) in [6, 6.07) is 1.78. The van der Waals surface area contributed by atoms with Crippen LogP contribution in [0.3, 0.4) is 0 Å². The van der Waals surface area contributed by atoms with Crippen LogP contribution in [-0.2, 0) is 23.8 Å². The van der Waals surface area contributed by atoms with Gasteiger partial charge in [0.2, 0.25) is 5.60 Å². The molecule has 8 nitrogen and oxygen atoms in total. The van der Waals surface area contributed by atoms with E-state index in [-0.39, 0.29) is 36.2 Å². The molecule has 0 heterocycles. The van der Waals surface area contributed by atoms with Crippen LogP contribution in [0.2, 0.25) is 0 Å². The van der Waals surface area contributed by atoms with Gasteiger partial charge in [0.05, 0.1) is 6.10 Å². The fourth-order valence-electron chi connectivity index (χ4n) is 12.4. The first-order valence-electron chi connectivity index (χ1n) is 16.4. The molecule has 1 unspecified atom stereocenters. The van der Waals surface area contributed by atoms with Crippen molar-refractivity contribution in [2.45, 2.75) is 103 Å². The number of esters is 1. The quantitative estimate of drug-likeness (QED) is 0.401. The molecule has 10 heteroatoms. The minimum atomic E-state index is -2.36. The molecule has 244 valence electrons. The summed E-state index contributed by atoms with van der Waals surface area (Å²) in [4.78, 5) is 39.9. The topological polar surface area (TPSA) is 123 Å². The van der Waals surface area contributed by atoms with E-state index in [1.165, 1.54) is 19.1 Å². The lowest BCUT2D eigenvalue weighted by Crippen LogP contribution is -2.71. The minimum Gasteiger partial charge on any atom is -0.447 e. The lowest BCUT2D eigenvalue weighted by Gasteiger charge is -2.62. The van der Waals surface area contributed by atoms with Crippen molar-refractivity contribution < 1.29 is 42.5 Å². The number of carbonyl (C=O) groups is 3. The SMILES string of the molecule is C[C@@H]1[C@@H](OC(=O)O[C@]2(C(=O)OCC#N)[C@H](C)C[C@H]3[C@@H]4C[C@H](F)C5=CC(=O)C=C[C@]5(C)[C@@]4(F)[C@@H](O)C[C@@]32C)C[C@H]2CC23[C@@H]1C3(C)C. The summed E-state index contributed by atoms with van der Waals surface area (Å²) in [5, 5.41) is 21.0. The Bertz CT molecular complexity index is 1490. The van der Waals surface area contributed by atoms with E-state index < -0.39 is 82.7 Å². The summed E-state index contributed by atoms with van der Waals surface area (Å²) < 4.78 is 51.0. The summed E-state index contributed by atoms with van der Waals surface area (Å²) in [5.74, 6) is -2.90. The second-order valence-electron chi connectivity index (χ2n) is 16.2. The molecule has 1 spiro atoms. The number of allylic oxidation sites excluding steroid dienone is 4. The van der Waals surface area contributed by atoms with Gasteiger partial charge in [-0.15, -0.1) is 0 Å². The molecule has 7 aliphatic carbocycles. The Hall–Kier alpha value is -2.80. The molecular weight excluding hydrogens is 584 g/mol. The predicted molar refractivity (Wildman–Crippen MR) is 155 cm³/mol. The number of ketones is 1. The van der Waals surface area contributed by atoms with Crippen LogP contribution in [0.25, 0.3) is 0 Å². The zero-order valence-corrected chi connectivity index (χ0v) is 26.8. The lowest BCUT2D eigenvalue weighted by molar-refractivity contribution is -0.234. The fourth-order valence-corrected chi connectivity index (χ4v) is 12.4. The molecule has 0 aromatic carbocycles. The Morgan fingerprint density at radius 2 is 1.82 bits per heavy atom. The zero-order chi connectivity index (χ0) is 32.7. The summed E-state index contributed by atoms with van der Waals surface area (Å²) >= 11 is 0. The van der Waals surface area contributed by atoms with Crippen molar-refractivity contribution in [3.8, 4) is 6.07 Å². The van der Waals surface area contributed by atoms with Gasteiger partial charge in [0.15, 0.2) is 18.1 Å². The van der Waals surface area contributed by atoms with Crippen LogP contribution in [0.15, 0.2) is 23.8 Å². The van der Waals surface area contributed by atoms with Gasteiger partial charge in [0.1, 0.15) is 18.3 Å². The zero-order valence-electron chi connectivity index (χ0n) is 26.8. The second kappa shape index (κ2) is 9.17. The molecule has 0 bridgehead atoms. The Morgan fingerprint density at radius 1 is 1.11 bits per heavy atom. The minimum absolute atomic E-state index is 0.00194. The molecule has 1 N–H and O–H groups in total. The van der Waals surface area contributed by atoms with Crippen molar-refractivity contribution in [2.24, 2.45) is 57.2 Å². The number of hydrogen-bond acceptors (Lipinski definition) is 8. The van der Waals surface area contributed by atoms with E-state index in [4.69, 9.17) is 14.2 Å². The Kier molecular flexibility index (Phi) is 6.28. The van der Waals surface area contributed by atoms with Gasteiger partial charge in [0, 0.05) is 22.7 Å². The maximum Gasteiger partial charge on any atom is 0.509 e. The Labute approximate surface area is 262 Å². The van der Waals surface area contributed by atoms with E-state index in [1.54, 1.807) is 19.9 Å². The van der Waals surface area contributed by atoms with E-state index in [1.807, 2.05) is 0 Å². The van der Waals surface area contributed by atoms with Crippen LogP contribution < -0.4 is 0 Å². The molecule has 6 fully saturated rings. The van der Waals surface area contributed by atoms with Crippen molar-refractivity contribution in [3.63, 3.8) is 0 Å². The van der Waals surface area contributed by atoms with E-state index >= 15 is 8.78 Å². The van der Waals surface area contributed by atoms with Crippen LogP contribution in [-0.4, -0.2) is 59.3 Å². The lowest BCUT2D eigenvalue weighted by atomic mass is 9.44. The Balaban J connectivity index is 1.23. The van der Waals surface area contributed by atoms with E-state index in [9.17, 15) is 24.8 Å². The van der Waals surface area contributed by atoms with Crippen molar-refractivity contribution in [1.29, 1.82) is 5.26 Å². The maximum absolute atomic E-state index is 17.7. The number of alkyl halides is 2. The monoisotopic (exact) mass is 627 g/mol. The first kappa shape index (κ1) is 30.8. The molecule has 6 saturated carbocycles. The summed E-state index contributed by atoms with van der Waals surface area (Å²) in [5.41, 5.74) is -6.84. The van der Waals surface area contributed by atoms with Crippen LogP contribution in [0, 0.1) is 68.5 Å². The van der Waals surface area contributed by atoms with Gasteiger partial charge in [0.25, 0.3) is 0 Å². The Morgan fingerprint density at radius 3 is 2.51 bits per heavy atom. The number of rotatable bonds is 4. The van der Waals surface area contributed by atoms with Gasteiger partial charge in [-0.25, -0.2) is 18.4 Å². The average molecular weight is 628 g/mol. The van der Waals surface area contributed by atoms with Crippen molar-refractivity contribution in [1.82, 2.24) is 0 Å². The van der Waals surface area contributed by atoms with E-state index in [0.717, 1.165) is 12.5 Å². The fraction of sp³-hybridized carbons (Fsp3) is 0.771. The number of nitriles is 1. The molecular formula is C35H43F2NO7. The van der Waals surface area contributed by atoms with E-state index in [0.29, 0.717) is 23.7 Å². The van der Waals surface area contributed by atoms with Gasteiger partial charge in [-0.05, 0) is 91.3 Å². The number of fused-ring (bicyclic) bond motifs is 5. The predicted octanol–water partition coefficient (Wildman–Crippen LogP) is 5.58. The van der Waals surface area contributed by atoms with Crippen LogP contribution in [0.4, 0.5) is 13.6 Å². The molecule has 0 aromatic heterocycles. The number of carbonyl (C=O) groups excluding carboxylic acids is 3. The first-order chi connectivity index (χ1) is 21.0. The number of hydrogen-bond donors (Lipinski definition) is 1. The number of aliphatic hydroxyl groups excluding tert-OH is 1. The third-order valence-electron chi connectivity index (χ3n) is 14.5. The third kappa shape index (κ3) is 3.46. The highest BCUT2D eigenvalue weighted by Crippen LogP contribution is 2.90. The second-order valence-corrected chi connectivity index (χ2v) is 16.2. The smallest absolute Gasteiger partial charge is 0.447 e. The molecule has 0 aromatic rings. The number of ether oxygens (including phenoxy) is 3. The van der Waals surface area contributed by atoms with Crippen LogP contribution in [0.1, 0.15) is 73.6 Å². The summed E-state index contributed by atoms with van der Waals surface area (Å²) in [6.45, 7) is 10.9. The van der Waals surface area contributed by atoms with Crippen molar-refractivity contribution in [2.75, 3.05) is 6.61 Å². The average Bonchev–Trinajstić information content (AvgIpc) is 3.79. The van der Waals surface area contributed by atoms with Gasteiger partial charge >= 0.3 is 12.1 Å². The first-order valence-corrected chi connectivity index (χ1v) is 16.4. The molecule has 14 atom stereocenters. The van der Waals surface area contributed by atoms with Gasteiger partial charge in [-0.3, -0.25) is 4.79 Å². The highest BCUT2D eigenvalue weighted by Gasteiger charge is 2.86. The molecule has 0 aliphatic heterocycles.